The molecule has 0 aromatic rings. The molecule has 0 amide bonds. The van der Waals surface area contributed by atoms with Gasteiger partial charge in [-0.25, -0.2) is 0 Å². The van der Waals surface area contributed by atoms with Crippen LogP contribution in [-0.4, -0.2) is 85.0 Å². The molecule has 2 fully saturated rings. The van der Waals surface area contributed by atoms with Gasteiger partial charge in [-0.3, -0.25) is 9.59 Å². The highest BCUT2D eigenvalue weighted by Crippen LogP contribution is 2.64. The van der Waals surface area contributed by atoms with Gasteiger partial charge in [0.05, 0.1) is 42.7 Å². The summed E-state index contributed by atoms with van der Waals surface area (Å²) in [6.07, 6.45) is -5.49. The molecule has 1 aliphatic heterocycles. The standard InChI is InChI=1S/C16H15F17O2.C13H22O3.CH4/c1-4-8(2,3)7(34)35-6-5-9(17,18)10(19,20)11(21,22)12(23,24)13(25,26)14(27,28)15(29,30)16(31,32)33;1-4-13(2,3)12(14)15-8-9-5-6-10-11(7-9)16-10;/h4-6H2,1-3H3;9-11H,4-8H2,1-3H3;1H4. The topological polar surface area (TPSA) is 65.1 Å². The number of hydrogen-bond donors (Lipinski definition) is 0. The lowest BCUT2D eigenvalue weighted by Crippen LogP contribution is -2.74. The van der Waals surface area contributed by atoms with Crippen molar-refractivity contribution < 1.29 is 98.4 Å². The Kier molecular flexibility index (Phi) is 15.1. The van der Waals surface area contributed by atoms with Crippen LogP contribution in [0.5, 0.6) is 0 Å². The molecule has 1 aliphatic carbocycles. The van der Waals surface area contributed by atoms with Gasteiger partial charge in [-0.05, 0) is 65.7 Å². The third-order valence-corrected chi connectivity index (χ3v) is 8.87. The van der Waals surface area contributed by atoms with Crippen LogP contribution in [0.15, 0.2) is 0 Å². The third-order valence-electron chi connectivity index (χ3n) is 8.87. The first-order valence-electron chi connectivity index (χ1n) is 15.2. The molecule has 0 bridgehead atoms. The van der Waals surface area contributed by atoms with Crippen LogP contribution >= 0.6 is 0 Å². The van der Waals surface area contributed by atoms with E-state index >= 15 is 0 Å². The van der Waals surface area contributed by atoms with E-state index < -0.39 is 72.0 Å². The van der Waals surface area contributed by atoms with Gasteiger partial charge >= 0.3 is 59.6 Å². The number of rotatable bonds is 15. The molecular formula is C30H41F17O5. The molecule has 1 heterocycles. The third kappa shape index (κ3) is 9.32. The van der Waals surface area contributed by atoms with Crippen LogP contribution in [0.3, 0.4) is 0 Å². The van der Waals surface area contributed by atoms with E-state index in [9.17, 15) is 84.2 Å². The molecule has 0 aromatic heterocycles. The highest BCUT2D eigenvalue weighted by atomic mass is 19.4. The van der Waals surface area contributed by atoms with Crippen molar-refractivity contribution in [2.24, 2.45) is 16.7 Å². The van der Waals surface area contributed by atoms with Crippen molar-refractivity contribution in [3.05, 3.63) is 0 Å². The van der Waals surface area contributed by atoms with Crippen LogP contribution in [0.4, 0.5) is 74.6 Å². The summed E-state index contributed by atoms with van der Waals surface area (Å²) in [5, 5.41) is 0. The summed E-state index contributed by atoms with van der Waals surface area (Å²) in [4.78, 5) is 23.3. The first kappa shape index (κ1) is 49.7. The number of alkyl halides is 17. The van der Waals surface area contributed by atoms with Crippen LogP contribution in [0.2, 0.25) is 0 Å². The Labute approximate surface area is 288 Å². The monoisotopic (exact) mass is 804 g/mol. The molecular weight excluding hydrogens is 763 g/mol. The van der Waals surface area contributed by atoms with Crippen molar-refractivity contribution in [3.63, 3.8) is 0 Å². The van der Waals surface area contributed by atoms with Crippen molar-refractivity contribution in [1.82, 2.24) is 0 Å². The molecule has 2 aliphatic rings. The lowest BCUT2D eigenvalue weighted by Gasteiger charge is -2.42. The molecule has 3 unspecified atom stereocenters. The summed E-state index contributed by atoms with van der Waals surface area (Å²) in [5.74, 6) is -57.7. The molecule has 1 saturated carbocycles. The van der Waals surface area contributed by atoms with Gasteiger partial charge in [0.25, 0.3) is 0 Å². The molecule has 2 rings (SSSR count). The smallest absolute Gasteiger partial charge is 0.460 e. The summed E-state index contributed by atoms with van der Waals surface area (Å²) in [5.41, 5.74) is -1.81. The predicted molar refractivity (Wildman–Crippen MR) is 148 cm³/mol. The molecule has 52 heavy (non-hydrogen) atoms. The minimum atomic E-state index is -8.67. The fraction of sp³-hybridized carbons (Fsp3) is 0.933. The normalized spacial score (nSPS) is 20.9. The second-order valence-corrected chi connectivity index (χ2v) is 13.5. The quantitative estimate of drug-likeness (QED) is 0.0937. The van der Waals surface area contributed by atoms with Crippen molar-refractivity contribution >= 4 is 11.9 Å². The van der Waals surface area contributed by atoms with Gasteiger partial charge in [-0.1, -0.05) is 21.3 Å². The van der Waals surface area contributed by atoms with Crippen molar-refractivity contribution in [2.75, 3.05) is 13.2 Å². The highest BCUT2D eigenvalue weighted by molar-refractivity contribution is 5.76. The molecule has 5 nitrogen and oxygen atoms in total. The number of carbonyl (C=O) groups excluding carboxylic acids is 2. The second kappa shape index (κ2) is 15.8. The van der Waals surface area contributed by atoms with E-state index in [4.69, 9.17) is 9.47 Å². The average molecular weight is 805 g/mol. The maximum atomic E-state index is 13.6. The Morgan fingerprint density at radius 3 is 1.35 bits per heavy atom. The maximum absolute atomic E-state index is 13.6. The van der Waals surface area contributed by atoms with Gasteiger partial charge in [-0.15, -0.1) is 0 Å². The largest absolute Gasteiger partial charge is 0.465 e. The van der Waals surface area contributed by atoms with Crippen LogP contribution in [0, 0.1) is 16.7 Å². The second-order valence-electron chi connectivity index (χ2n) is 13.5. The number of halogens is 17. The Morgan fingerprint density at radius 1 is 0.577 bits per heavy atom. The zero-order valence-electron chi connectivity index (χ0n) is 27.9. The van der Waals surface area contributed by atoms with E-state index in [1.807, 2.05) is 20.8 Å². The maximum Gasteiger partial charge on any atom is 0.460 e. The summed E-state index contributed by atoms with van der Waals surface area (Å²) in [6.45, 7) is 8.12. The van der Waals surface area contributed by atoms with Gasteiger partial charge < -0.3 is 14.2 Å². The minimum Gasteiger partial charge on any atom is -0.465 e. The van der Waals surface area contributed by atoms with Gasteiger partial charge in [-0.2, -0.15) is 74.6 Å². The van der Waals surface area contributed by atoms with E-state index in [2.05, 4.69) is 4.74 Å². The van der Waals surface area contributed by atoms with E-state index in [0.29, 0.717) is 24.7 Å². The molecule has 3 atom stereocenters. The van der Waals surface area contributed by atoms with Gasteiger partial charge in [0, 0.05) is 0 Å². The van der Waals surface area contributed by atoms with Crippen molar-refractivity contribution in [1.29, 1.82) is 0 Å². The average Bonchev–Trinajstić information content (AvgIpc) is 3.77. The summed E-state index contributed by atoms with van der Waals surface area (Å²) < 4.78 is 238. The SMILES string of the molecule is C.CCC(C)(C)C(=O)OCC1CCC2OC2C1.CCC(C)(C)C(=O)OCCC(F)(F)C(F)(F)C(F)(F)C(F)(F)C(F)(F)C(F)(F)C(F)(F)C(F)(F)F. The number of esters is 2. The van der Waals surface area contributed by atoms with E-state index in [-0.39, 0.29) is 25.2 Å². The molecule has 0 N–H and O–H groups in total. The molecule has 0 radical (unpaired) electrons. The van der Waals surface area contributed by atoms with Gasteiger partial charge in [0.15, 0.2) is 0 Å². The van der Waals surface area contributed by atoms with E-state index in [1.165, 1.54) is 6.92 Å². The number of fused-ring (bicyclic) bond motifs is 1. The van der Waals surface area contributed by atoms with Crippen LogP contribution in [-0.2, 0) is 23.8 Å². The van der Waals surface area contributed by atoms with Crippen molar-refractivity contribution in [3.8, 4) is 0 Å². The van der Waals surface area contributed by atoms with E-state index in [1.54, 1.807) is 0 Å². The van der Waals surface area contributed by atoms with E-state index in [0.717, 1.165) is 39.5 Å². The number of epoxide rings is 1. The first-order valence-corrected chi connectivity index (χ1v) is 15.2. The Morgan fingerprint density at radius 2 is 0.962 bits per heavy atom. The molecule has 0 spiro atoms. The molecule has 1 saturated heterocycles. The Hall–Kier alpha value is -2.29. The first-order chi connectivity index (χ1) is 22.5. The van der Waals surface area contributed by atoms with Crippen LogP contribution in [0.1, 0.15) is 87.5 Å². The number of hydrogen-bond acceptors (Lipinski definition) is 5. The summed E-state index contributed by atoms with van der Waals surface area (Å²) in [7, 11) is 0. The molecule has 310 valence electrons. The Bertz CT molecular complexity index is 1210. The summed E-state index contributed by atoms with van der Waals surface area (Å²) in [6, 6.07) is 0. The van der Waals surface area contributed by atoms with Crippen LogP contribution < -0.4 is 0 Å². The zero-order valence-corrected chi connectivity index (χ0v) is 27.9. The fourth-order valence-corrected chi connectivity index (χ4v) is 4.14. The van der Waals surface area contributed by atoms with Crippen molar-refractivity contribution in [2.45, 2.75) is 147 Å². The lowest BCUT2D eigenvalue weighted by atomic mass is 9.88. The fourth-order valence-electron chi connectivity index (χ4n) is 4.14. The minimum absolute atomic E-state index is 0. The summed E-state index contributed by atoms with van der Waals surface area (Å²) >= 11 is 0. The van der Waals surface area contributed by atoms with Gasteiger partial charge in [0.1, 0.15) is 0 Å². The molecule has 22 heteroatoms. The highest BCUT2D eigenvalue weighted by Gasteiger charge is 2.95. The lowest BCUT2D eigenvalue weighted by molar-refractivity contribution is -0.461. The predicted octanol–water partition coefficient (Wildman–Crippen LogP) is 10.5. The Balaban J connectivity index is 0.00000126. The molecule has 0 aromatic carbocycles. The number of ether oxygens (including phenoxy) is 3. The zero-order chi connectivity index (χ0) is 40.7. The van der Waals surface area contributed by atoms with Crippen LogP contribution in [0.25, 0.3) is 0 Å². The number of carbonyl (C=O) groups is 2. The van der Waals surface area contributed by atoms with Gasteiger partial charge in [0.2, 0.25) is 0 Å².